The predicted molar refractivity (Wildman–Crippen MR) is 185 cm³/mol. The van der Waals surface area contributed by atoms with Crippen LogP contribution < -0.4 is 11.1 Å². The lowest BCUT2D eigenvalue weighted by atomic mass is 9.84. The number of hydrogen-bond acceptors (Lipinski definition) is 4. The van der Waals surface area contributed by atoms with Crippen LogP contribution in [-0.4, -0.2) is 59.3 Å². The fourth-order valence-electron chi connectivity index (χ4n) is 7.79. The van der Waals surface area contributed by atoms with E-state index >= 15 is 13.2 Å². The molecular formula is C37H51F5N4S. The van der Waals surface area contributed by atoms with Crippen LogP contribution in [0.25, 0.3) is 0 Å². The lowest BCUT2D eigenvalue weighted by molar-refractivity contribution is -0.0976. The van der Waals surface area contributed by atoms with E-state index in [2.05, 4.69) is 31.3 Å². The Balaban J connectivity index is 1.50. The van der Waals surface area contributed by atoms with Gasteiger partial charge in [0.05, 0.1) is 17.6 Å². The maximum absolute atomic E-state index is 16.0. The maximum Gasteiger partial charge on any atom is 0.278 e. The lowest BCUT2D eigenvalue weighted by Gasteiger charge is -2.40. The van der Waals surface area contributed by atoms with E-state index in [1.54, 1.807) is 11.8 Å². The summed E-state index contributed by atoms with van der Waals surface area (Å²) in [7, 11) is 0.156. The summed E-state index contributed by atoms with van der Waals surface area (Å²) in [6, 6.07) is 2.46. The van der Waals surface area contributed by atoms with Crippen molar-refractivity contribution < 1.29 is 22.0 Å². The molecule has 4 nitrogen and oxygen atoms in total. The van der Waals surface area contributed by atoms with E-state index in [1.165, 1.54) is 12.1 Å². The monoisotopic (exact) mass is 678 g/mol. The van der Waals surface area contributed by atoms with Crippen molar-refractivity contribution in [2.45, 2.75) is 89.6 Å². The van der Waals surface area contributed by atoms with Crippen molar-refractivity contribution in [3.8, 4) is 0 Å². The van der Waals surface area contributed by atoms with Crippen molar-refractivity contribution in [1.82, 2.24) is 15.1 Å². The Morgan fingerprint density at radius 3 is 2.32 bits per heavy atom. The SMILES string of the molecule is C=C1N[C@H](C)c2cccc(c2F)C(F)(F)C2CCN(CC2)C(C(F)F)CCCC(C)CCN2C(=C)C(C3CCS(=C)CC3)=CC1=C2N. The summed E-state index contributed by atoms with van der Waals surface area (Å²) in [6.45, 7) is 13.5. The van der Waals surface area contributed by atoms with Crippen LogP contribution in [0, 0.1) is 23.6 Å². The van der Waals surface area contributed by atoms with Crippen LogP contribution in [-0.2, 0) is 5.92 Å². The third-order valence-corrected chi connectivity index (χ3v) is 12.5. The number of halogens is 5. The minimum absolute atomic E-state index is 0.0274. The maximum atomic E-state index is 16.0. The van der Waals surface area contributed by atoms with E-state index in [0.29, 0.717) is 42.4 Å². The quantitative estimate of drug-likeness (QED) is 0.243. The standard InChI is InChI=1S/C37H51F5N4S/c1-23-8-6-11-33(35(39)40)45-17-13-28(14-18-45)37(41,42)32-10-7-9-29(34(32)38)24(2)44-25(3)30-22-31(27-15-20-47(5)21-16-27)26(4)46(19-12-23)36(30)43/h7,9-10,22-24,27-28,33,35,44H,3-6,8,11-21,43H2,1-2H3/t23?,24-,27?,33?,47?/m1/s1. The van der Waals surface area contributed by atoms with Crippen molar-refractivity contribution in [3.63, 3.8) is 0 Å². The molecule has 5 aliphatic rings. The lowest BCUT2D eigenvalue weighted by Crippen LogP contribution is -2.47. The molecule has 3 atom stereocenters. The molecule has 0 aliphatic carbocycles. The van der Waals surface area contributed by atoms with E-state index < -0.39 is 41.7 Å². The topological polar surface area (TPSA) is 44.5 Å². The van der Waals surface area contributed by atoms with Gasteiger partial charge in [-0.15, -0.1) is 0 Å². The predicted octanol–water partition coefficient (Wildman–Crippen LogP) is 8.67. The van der Waals surface area contributed by atoms with Crippen LogP contribution in [0.3, 0.4) is 0 Å². The normalized spacial score (nSPS) is 32.9. The van der Waals surface area contributed by atoms with Crippen molar-refractivity contribution in [1.29, 1.82) is 0 Å². The number of piperidine rings is 1. The van der Waals surface area contributed by atoms with Gasteiger partial charge in [0.2, 0.25) is 0 Å². The molecule has 6 bridgehead atoms. The minimum Gasteiger partial charge on any atom is -0.385 e. The molecule has 0 saturated carbocycles. The zero-order valence-electron chi connectivity index (χ0n) is 27.9. The van der Waals surface area contributed by atoms with Crippen LogP contribution in [0.4, 0.5) is 22.0 Å². The fraction of sp³-hybridized carbons (Fsp3) is 0.595. The first-order chi connectivity index (χ1) is 22.3. The van der Waals surface area contributed by atoms with Gasteiger partial charge in [-0.1, -0.05) is 57.0 Å². The van der Waals surface area contributed by atoms with Gasteiger partial charge in [0.1, 0.15) is 11.6 Å². The highest BCUT2D eigenvalue weighted by Crippen LogP contribution is 2.45. The fourth-order valence-corrected chi connectivity index (χ4v) is 9.23. The molecule has 6 rings (SSSR count). The summed E-state index contributed by atoms with van der Waals surface area (Å²) in [5.41, 5.74) is 9.40. The molecule has 0 amide bonds. The first kappa shape index (κ1) is 35.7. The third-order valence-electron chi connectivity index (χ3n) is 10.9. The zero-order valence-corrected chi connectivity index (χ0v) is 28.7. The number of nitrogens with two attached hydrogens (primary N) is 1. The molecule has 5 aliphatic heterocycles. The summed E-state index contributed by atoms with van der Waals surface area (Å²) in [5.74, 6) is 1.87. The van der Waals surface area contributed by atoms with E-state index in [9.17, 15) is 8.78 Å². The summed E-state index contributed by atoms with van der Waals surface area (Å²) in [6.07, 6.45) is 4.01. The van der Waals surface area contributed by atoms with Gasteiger partial charge in [0.25, 0.3) is 12.3 Å². The number of alkyl halides is 4. The molecule has 0 spiro atoms. The molecule has 2 unspecified atom stereocenters. The van der Waals surface area contributed by atoms with Gasteiger partial charge in [-0.2, -0.15) is 10.5 Å². The van der Waals surface area contributed by atoms with Crippen LogP contribution >= 0.6 is 10.5 Å². The van der Waals surface area contributed by atoms with Gasteiger partial charge in [-0.05, 0) is 93.5 Å². The summed E-state index contributed by atoms with van der Waals surface area (Å²) >= 11 is 0. The van der Waals surface area contributed by atoms with Crippen LogP contribution in [0.1, 0.15) is 82.4 Å². The highest BCUT2D eigenvalue weighted by molar-refractivity contribution is 8.14. The third kappa shape index (κ3) is 7.69. The highest BCUT2D eigenvalue weighted by atomic mass is 32.2. The minimum atomic E-state index is -3.44. The van der Waals surface area contributed by atoms with Gasteiger partial charge < -0.3 is 16.0 Å². The number of nitrogens with zero attached hydrogens (tertiary/aromatic N) is 2. The van der Waals surface area contributed by atoms with Gasteiger partial charge in [0.15, 0.2) is 0 Å². The number of allylic oxidation sites excluding steroid dienone is 2. The largest absolute Gasteiger partial charge is 0.385 e. The molecule has 47 heavy (non-hydrogen) atoms. The van der Waals surface area contributed by atoms with Crippen molar-refractivity contribution in [2.24, 2.45) is 23.5 Å². The molecular weight excluding hydrogens is 627 g/mol. The van der Waals surface area contributed by atoms with E-state index in [0.717, 1.165) is 54.5 Å². The Labute approximate surface area is 279 Å². The van der Waals surface area contributed by atoms with Crippen LogP contribution in [0.2, 0.25) is 0 Å². The molecule has 0 aromatic heterocycles. The molecule has 10 heteroatoms. The molecule has 260 valence electrons. The second-order valence-electron chi connectivity index (χ2n) is 14.0. The molecule has 1 aromatic rings. The number of rotatable bonds is 2. The van der Waals surface area contributed by atoms with Crippen LogP contribution in [0.5, 0.6) is 0 Å². The molecule has 5 heterocycles. The van der Waals surface area contributed by atoms with Crippen molar-refractivity contribution in [2.75, 3.05) is 31.1 Å². The molecule has 1 aromatic carbocycles. The Morgan fingerprint density at radius 1 is 0.979 bits per heavy atom. The van der Waals surface area contributed by atoms with E-state index in [-0.39, 0.29) is 47.9 Å². The second kappa shape index (κ2) is 14.9. The summed E-state index contributed by atoms with van der Waals surface area (Å²) in [4.78, 5) is 3.70. The highest BCUT2D eigenvalue weighted by Gasteiger charge is 2.46. The Bertz CT molecular complexity index is 1400. The number of nitrogens with one attached hydrogen (secondary N) is 1. The smallest absolute Gasteiger partial charge is 0.278 e. The molecule has 0 radical (unpaired) electrons. The Kier molecular flexibility index (Phi) is 11.3. The summed E-state index contributed by atoms with van der Waals surface area (Å²) < 4.78 is 76.4. The molecule has 2 fully saturated rings. The average Bonchev–Trinajstić information content (AvgIpc) is 3.03. The second-order valence-corrected chi connectivity index (χ2v) is 16.0. The number of fused-ring (bicyclic) bond motifs is 10. The van der Waals surface area contributed by atoms with Gasteiger partial charge in [-0.25, -0.2) is 22.0 Å². The zero-order chi connectivity index (χ0) is 34.0. The van der Waals surface area contributed by atoms with Gasteiger partial charge >= 0.3 is 0 Å². The van der Waals surface area contributed by atoms with Crippen molar-refractivity contribution in [3.05, 3.63) is 82.7 Å². The first-order valence-electron chi connectivity index (χ1n) is 17.1. The van der Waals surface area contributed by atoms with E-state index in [1.807, 2.05) is 11.0 Å². The molecule has 3 N–H and O–H groups in total. The van der Waals surface area contributed by atoms with Crippen LogP contribution in [0.15, 0.2) is 65.8 Å². The Morgan fingerprint density at radius 2 is 1.66 bits per heavy atom. The number of benzene rings is 1. The first-order valence-corrected chi connectivity index (χ1v) is 18.8. The average molecular weight is 679 g/mol. The molecule has 2 saturated heterocycles. The van der Waals surface area contributed by atoms with Gasteiger partial charge in [0, 0.05) is 35.0 Å². The number of hydrogen-bond donors (Lipinski definition) is 2. The van der Waals surface area contributed by atoms with E-state index in [4.69, 9.17) is 5.73 Å². The summed E-state index contributed by atoms with van der Waals surface area (Å²) in [5, 5.41) is 3.27. The van der Waals surface area contributed by atoms with Crippen molar-refractivity contribution >= 4 is 16.4 Å². The van der Waals surface area contributed by atoms with Gasteiger partial charge in [-0.3, -0.25) is 4.90 Å². The Hall–Kier alpha value is -2.59.